The third-order valence-corrected chi connectivity index (χ3v) is 3.63. The Balaban J connectivity index is 1.84. The van der Waals surface area contributed by atoms with Gasteiger partial charge in [0.2, 0.25) is 17.8 Å². The Morgan fingerprint density at radius 1 is 1.24 bits per heavy atom. The Kier molecular flexibility index (Phi) is 5.87. The standard InChI is InChI=1S/C17H24N6O2/c1-17(2,3)14(18)15(25)21-16-20-11-23(22-16)10-13(24)19-9-12-7-5-4-6-8-12/h4-8,11,14H,9-10,18H2,1-3H3,(H,19,24)(H,21,22,25)/t14-/m1/s1. The minimum absolute atomic E-state index is 0.0149. The molecule has 0 aliphatic rings. The minimum atomic E-state index is -0.686. The van der Waals surface area contributed by atoms with E-state index in [1.54, 1.807) is 0 Å². The van der Waals surface area contributed by atoms with Crippen molar-refractivity contribution in [1.82, 2.24) is 20.1 Å². The third-order valence-electron chi connectivity index (χ3n) is 3.63. The molecule has 2 amide bonds. The molecule has 0 radical (unpaired) electrons. The Morgan fingerprint density at radius 3 is 2.56 bits per heavy atom. The first-order valence-electron chi connectivity index (χ1n) is 8.02. The summed E-state index contributed by atoms with van der Waals surface area (Å²) in [7, 11) is 0. The predicted octanol–water partition coefficient (Wildman–Crippen LogP) is 0.906. The molecule has 1 aromatic carbocycles. The Hall–Kier alpha value is -2.74. The van der Waals surface area contributed by atoms with Gasteiger partial charge < -0.3 is 11.1 Å². The Bertz CT molecular complexity index is 720. The van der Waals surface area contributed by atoms with Crippen molar-refractivity contribution < 1.29 is 9.59 Å². The van der Waals surface area contributed by atoms with Gasteiger partial charge in [0.15, 0.2) is 0 Å². The average Bonchev–Trinajstić information content (AvgIpc) is 2.99. The van der Waals surface area contributed by atoms with Gasteiger partial charge in [0.05, 0.1) is 6.04 Å². The first-order valence-corrected chi connectivity index (χ1v) is 8.02. The summed E-state index contributed by atoms with van der Waals surface area (Å²) in [5.41, 5.74) is 6.53. The molecule has 1 atom stereocenters. The first kappa shape index (κ1) is 18.6. The van der Waals surface area contributed by atoms with Gasteiger partial charge in [-0.1, -0.05) is 51.1 Å². The third kappa shape index (κ3) is 5.68. The van der Waals surface area contributed by atoms with E-state index in [1.165, 1.54) is 11.0 Å². The highest BCUT2D eigenvalue weighted by atomic mass is 16.2. The van der Waals surface area contributed by atoms with Gasteiger partial charge in [-0.25, -0.2) is 9.67 Å². The predicted molar refractivity (Wildman–Crippen MR) is 94.4 cm³/mol. The summed E-state index contributed by atoms with van der Waals surface area (Å²) in [5, 5.41) is 9.43. The minimum Gasteiger partial charge on any atom is -0.350 e. The molecule has 2 aromatic rings. The lowest BCUT2D eigenvalue weighted by Crippen LogP contribution is -2.45. The molecule has 0 aliphatic carbocycles. The monoisotopic (exact) mass is 344 g/mol. The maximum absolute atomic E-state index is 12.0. The van der Waals surface area contributed by atoms with Crippen molar-refractivity contribution in [1.29, 1.82) is 0 Å². The van der Waals surface area contributed by atoms with Crippen LogP contribution in [0, 0.1) is 5.41 Å². The fraction of sp³-hybridized carbons (Fsp3) is 0.412. The smallest absolute Gasteiger partial charge is 0.248 e. The van der Waals surface area contributed by atoms with Crippen LogP contribution in [0.2, 0.25) is 0 Å². The highest BCUT2D eigenvalue weighted by molar-refractivity contribution is 5.93. The van der Waals surface area contributed by atoms with Gasteiger partial charge in [0.25, 0.3) is 0 Å². The Morgan fingerprint density at radius 2 is 1.92 bits per heavy atom. The van der Waals surface area contributed by atoms with Crippen LogP contribution >= 0.6 is 0 Å². The first-order chi connectivity index (χ1) is 11.8. The van der Waals surface area contributed by atoms with E-state index in [9.17, 15) is 9.59 Å². The van der Waals surface area contributed by atoms with Gasteiger partial charge in [-0.2, -0.15) is 0 Å². The molecule has 2 rings (SSSR count). The number of amides is 2. The zero-order chi connectivity index (χ0) is 18.4. The van der Waals surface area contributed by atoms with Gasteiger partial charge in [-0.3, -0.25) is 14.9 Å². The van der Waals surface area contributed by atoms with Crippen LogP contribution in [-0.4, -0.2) is 32.6 Å². The number of aromatic nitrogens is 3. The number of nitrogens with two attached hydrogens (primary N) is 1. The number of hydrogen-bond donors (Lipinski definition) is 3. The number of rotatable bonds is 6. The van der Waals surface area contributed by atoms with E-state index in [4.69, 9.17) is 5.73 Å². The van der Waals surface area contributed by atoms with E-state index in [0.29, 0.717) is 6.54 Å². The van der Waals surface area contributed by atoms with Crippen LogP contribution in [0.5, 0.6) is 0 Å². The lowest BCUT2D eigenvalue weighted by Gasteiger charge is -2.25. The number of anilines is 1. The van der Waals surface area contributed by atoms with Crippen LogP contribution in [0.3, 0.4) is 0 Å². The highest BCUT2D eigenvalue weighted by Gasteiger charge is 2.28. The van der Waals surface area contributed by atoms with E-state index in [0.717, 1.165) is 5.56 Å². The van der Waals surface area contributed by atoms with E-state index < -0.39 is 6.04 Å². The van der Waals surface area contributed by atoms with Crippen LogP contribution in [0.25, 0.3) is 0 Å². The van der Waals surface area contributed by atoms with Crippen molar-refractivity contribution in [3.63, 3.8) is 0 Å². The lowest BCUT2D eigenvalue weighted by molar-refractivity contribution is -0.122. The molecular weight excluding hydrogens is 320 g/mol. The summed E-state index contributed by atoms with van der Waals surface area (Å²) < 4.78 is 1.36. The number of nitrogens with one attached hydrogen (secondary N) is 2. The van der Waals surface area contributed by atoms with E-state index >= 15 is 0 Å². The maximum Gasteiger partial charge on any atom is 0.248 e. The van der Waals surface area contributed by atoms with E-state index in [2.05, 4.69) is 20.7 Å². The van der Waals surface area contributed by atoms with Gasteiger partial charge in [-0.05, 0) is 11.0 Å². The van der Waals surface area contributed by atoms with Gasteiger partial charge in [0, 0.05) is 6.54 Å². The van der Waals surface area contributed by atoms with Gasteiger partial charge in [0.1, 0.15) is 12.9 Å². The molecule has 8 heteroatoms. The molecule has 0 fully saturated rings. The van der Waals surface area contributed by atoms with Crippen molar-refractivity contribution in [2.24, 2.45) is 11.1 Å². The van der Waals surface area contributed by atoms with E-state index in [-0.39, 0.29) is 29.7 Å². The summed E-state index contributed by atoms with van der Waals surface area (Å²) in [5.74, 6) is -0.433. The molecule has 134 valence electrons. The lowest BCUT2D eigenvalue weighted by atomic mass is 9.87. The number of carbonyl (C=O) groups excluding carboxylic acids is 2. The second-order valence-electron chi connectivity index (χ2n) is 6.86. The van der Waals surface area contributed by atoms with Gasteiger partial charge in [-0.15, -0.1) is 5.10 Å². The number of hydrogen-bond acceptors (Lipinski definition) is 5. The van der Waals surface area contributed by atoms with Crippen molar-refractivity contribution in [3.8, 4) is 0 Å². The van der Waals surface area contributed by atoms with Gasteiger partial charge >= 0.3 is 0 Å². The molecule has 0 unspecified atom stereocenters. The molecule has 0 spiro atoms. The van der Waals surface area contributed by atoms with E-state index in [1.807, 2.05) is 51.1 Å². The van der Waals surface area contributed by atoms with Crippen LogP contribution in [0.15, 0.2) is 36.7 Å². The number of nitrogens with zero attached hydrogens (tertiary/aromatic N) is 3. The zero-order valence-corrected chi connectivity index (χ0v) is 14.7. The Labute approximate surface area is 146 Å². The molecule has 0 saturated heterocycles. The maximum atomic E-state index is 12.0. The molecule has 4 N–H and O–H groups in total. The largest absolute Gasteiger partial charge is 0.350 e. The second-order valence-corrected chi connectivity index (χ2v) is 6.86. The van der Waals surface area contributed by atoms with Crippen LogP contribution in [0.4, 0.5) is 5.95 Å². The van der Waals surface area contributed by atoms with Crippen LogP contribution < -0.4 is 16.4 Å². The molecule has 1 aromatic heterocycles. The molecular formula is C17H24N6O2. The fourth-order valence-corrected chi connectivity index (χ4v) is 2.01. The van der Waals surface area contributed by atoms with Crippen LogP contribution in [-0.2, 0) is 22.7 Å². The molecule has 1 heterocycles. The molecule has 8 nitrogen and oxygen atoms in total. The molecule has 0 aliphatic heterocycles. The van der Waals surface area contributed by atoms with Crippen LogP contribution in [0.1, 0.15) is 26.3 Å². The summed E-state index contributed by atoms with van der Waals surface area (Å²) in [6.07, 6.45) is 1.39. The van der Waals surface area contributed by atoms with Crippen molar-refractivity contribution in [3.05, 3.63) is 42.2 Å². The number of carbonyl (C=O) groups is 2. The molecule has 25 heavy (non-hydrogen) atoms. The molecule has 0 saturated carbocycles. The van der Waals surface area contributed by atoms with Crippen molar-refractivity contribution >= 4 is 17.8 Å². The second kappa shape index (κ2) is 7.89. The normalized spacial score (nSPS) is 12.5. The average molecular weight is 344 g/mol. The highest BCUT2D eigenvalue weighted by Crippen LogP contribution is 2.18. The summed E-state index contributed by atoms with van der Waals surface area (Å²) in [4.78, 5) is 28.0. The van der Waals surface area contributed by atoms with Crippen molar-refractivity contribution in [2.75, 3.05) is 5.32 Å². The quantitative estimate of drug-likeness (QED) is 0.720. The SMILES string of the molecule is CC(C)(C)[C@H](N)C(=O)Nc1ncn(CC(=O)NCc2ccccc2)n1. The zero-order valence-electron chi connectivity index (χ0n) is 14.7. The topological polar surface area (TPSA) is 115 Å². The summed E-state index contributed by atoms with van der Waals surface area (Å²) in [6, 6.07) is 8.92. The molecule has 0 bridgehead atoms. The summed E-state index contributed by atoms with van der Waals surface area (Å²) >= 11 is 0. The van der Waals surface area contributed by atoms with Crippen molar-refractivity contribution in [2.45, 2.75) is 39.9 Å². The summed E-state index contributed by atoms with van der Waals surface area (Å²) in [6.45, 7) is 6.08. The fourth-order valence-electron chi connectivity index (χ4n) is 2.01. The number of benzene rings is 1.